The van der Waals surface area contributed by atoms with Crippen LogP contribution in [0.4, 0.5) is 0 Å². The fourth-order valence-electron chi connectivity index (χ4n) is 0.932. The first kappa shape index (κ1) is 9.91. The van der Waals surface area contributed by atoms with Crippen LogP contribution in [0.25, 0.3) is 0 Å². The number of hydrogen-bond acceptors (Lipinski definition) is 5. The van der Waals surface area contributed by atoms with Gasteiger partial charge in [-0.05, 0) is 6.92 Å². The SMILES string of the molecule is CCS(=O)(=O)ON1CCNCC1. The Labute approximate surface area is 72.8 Å². The van der Waals surface area contributed by atoms with Gasteiger partial charge in [0.25, 0.3) is 10.1 Å². The summed E-state index contributed by atoms with van der Waals surface area (Å²) < 4.78 is 26.8. The molecule has 1 aliphatic heterocycles. The molecule has 0 bridgehead atoms. The van der Waals surface area contributed by atoms with Crippen molar-refractivity contribution in [3.63, 3.8) is 0 Å². The van der Waals surface area contributed by atoms with Crippen molar-refractivity contribution in [1.82, 2.24) is 10.4 Å². The summed E-state index contributed by atoms with van der Waals surface area (Å²) in [5, 5.41) is 4.58. The van der Waals surface area contributed by atoms with Gasteiger partial charge in [-0.15, -0.1) is 0 Å². The number of piperazine rings is 1. The molecule has 5 nitrogen and oxygen atoms in total. The molecular weight excluding hydrogens is 180 g/mol. The van der Waals surface area contributed by atoms with Crippen molar-refractivity contribution in [2.24, 2.45) is 0 Å². The molecule has 0 aromatic rings. The third-order valence-electron chi connectivity index (χ3n) is 1.65. The Kier molecular flexibility index (Phi) is 3.45. The highest BCUT2D eigenvalue weighted by molar-refractivity contribution is 7.86. The lowest BCUT2D eigenvalue weighted by molar-refractivity contribution is -0.0595. The van der Waals surface area contributed by atoms with E-state index in [0.29, 0.717) is 13.1 Å². The first-order valence-corrected chi connectivity index (χ1v) is 5.60. The Balaban J connectivity index is 2.39. The third-order valence-corrected chi connectivity index (χ3v) is 2.79. The molecule has 0 amide bonds. The van der Waals surface area contributed by atoms with Gasteiger partial charge in [-0.3, -0.25) is 0 Å². The predicted octanol–water partition coefficient (Wildman–Crippen LogP) is -0.827. The van der Waals surface area contributed by atoms with Crippen LogP contribution in [0.3, 0.4) is 0 Å². The average Bonchev–Trinajstić information content (AvgIpc) is 2.06. The van der Waals surface area contributed by atoms with Gasteiger partial charge in [0.2, 0.25) is 0 Å². The standard InChI is InChI=1S/C6H14N2O3S/c1-2-12(9,10)11-8-5-3-7-4-6-8/h7H,2-6H2,1H3. The normalized spacial score (nSPS) is 21.1. The van der Waals surface area contributed by atoms with E-state index in [1.165, 1.54) is 5.06 Å². The van der Waals surface area contributed by atoms with Crippen LogP contribution >= 0.6 is 0 Å². The minimum Gasteiger partial charge on any atom is -0.314 e. The fourth-order valence-corrected chi connectivity index (χ4v) is 1.51. The summed E-state index contributed by atoms with van der Waals surface area (Å²) in [5.74, 6) is 0.0247. The molecule has 1 fully saturated rings. The van der Waals surface area contributed by atoms with Crippen LogP contribution in [0.2, 0.25) is 0 Å². The Morgan fingerprint density at radius 1 is 1.42 bits per heavy atom. The number of hydroxylamine groups is 2. The van der Waals surface area contributed by atoms with Crippen LogP contribution in [0.5, 0.6) is 0 Å². The van der Waals surface area contributed by atoms with E-state index in [4.69, 9.17) is 4.28 Å². The van der Waals surface area contributed by atoms with Crippen molar-refractivity contribution in [3.05, 3.63) is 0 Å². The summed E-state index contributed by atoms with van der Waals surface area (Å²) in [6.07, 6.45) is 0. The van der Waals surface area contributed by atoms with E-state index in [0.717, 1.165) is 13.1 Å². The molecule has 0 spiro atoms. The van der Waals surface area contributed by atoms with Gasteiger partial charge in [0.15, 0.2) is 0 Å². The number of nitrogens with zero attached hydrogens (tertiary/aromatic N) is 1. The molecule has 0 radical (unpaired) electrons. The quantitative estimate of drug-likeness (QED) is 0.635. The molecular formula is C6H14N2O3S. The molecule has 72 valence electrons. The van der Waals surface area contributed by atoms with Gasteiger partial charge < -0.3 is 5.32 Å². The number of hydrogen-bond donors (Lipinski definition) is 1. The molecule has 0 unspecified atom stereocenters. The number of rotatable bonds is 3. The van der Waals surface area contributed by atoms with Gasteiger partial charge in [0.1, 0.15) is 0 Å². The van der Waals surface area contributed by atoms with E-state index in [2.05, 4.69) is 5.32 Å². The molecule has 0 aliphatic carbocycles. The van der Waals surface area contributed by atoms with E-state index >= 15 is 0 Å². The van der Waals surface area contributed by atoms with E-state index in [1.807, 2.05) is 0 Å². The summed E-state index contributed by atoms with van der Waals surface area (Å²) in [7, 11) is -3.32. The van der Waals surface area contributed by atoms with Crippen molar-refractivity contribution in [2.75, 3.05) is 31.9 Å². The van der Waals surface area contributed by atoms with Crippen molar-refractivity contribution in [2.45, 2.75) is 6.92 Å². The van der Waals surface area contributed by atoms with E-state index < -0.39 is 10.1 Å². The van der Waals surface area contributed by atoms with Crippen LogP contribution in [-0.2, 0) is 14.4 Å². The fraction of sp³-hybridized carbons (Fsp3) is 1.00. The van der Waals surface area contributed by atoms with Gasteiger partial charge in [-0.1, -0.05) is 0 Å². The molecule has 0 saturated carbocycles. The summed E-state index contributed by atoms with van der Waals surface area (Å²) in [4.78, 5) is 0. The van der Waals surface area contributed by atoms with Gasteiger partial charge >= 0.3 is 0 Å². The van der Waals surface area contributed by atoms with Crippen LogP contribution < -0.4 is 5.32 Å². The first-order chi connectivity index (χ1) is 5.64. The maximum absolute atomic E-state index is 11.0. The van der Waals surface area contributed by atoms with Crippen LogP contribution in [0.15, 0.2) is 0 Å². The smallest absolute Gasteiger partial charge is 0.283 e. The summed E-state index contributed by atoms with van der Waals surface area (Å²) in [6, 6.07) is 0. The van der Waals surface area contributed by atoms with Gasteiger partial charge in [-0.2, -0.15) is 17.8 Å². The van der Waals surface area contributed by atoms with Crippen molar-refractivity contribution >= 4 is 10.1 Å². The molecule has 1 saturated heterocycles. The zero-order valence-electron chi connectivity index (χ0n) is 7.12. The monoisotopic (exact) mass is 194 g/mol. The average molecular weight is 194 g/mol. The van der Waals surface area contributed by atoms with Crippen molar-refractivity contribution in [3.8, 4) is 0 Å². The molecule has 1 rings (SSSR count). The summed E-state index contributed by atoms with van der Waals surface area (Å²) in [6.45, 7) is 4.37. The minimum atomic E-state index is -3.32. The second-order valence-corrected chi connectivity index (χ2v) is 4.44. The highest BCUT2D eigenvalue weighted by Gasteiger charge is 2.17. The van der Waals surface area contributed by atoms with Gasteiger partial charge in [0.05, 0.1) is 5.75 Å². The molecule has 0 aromatic heterocycles. The van der Waals surface area contributed by atoms with E-state index in [9.17, 15) is 8.42 Å². The summed E-state index contributed by atoms with van der Waals surface area (Å²) >= 11 is 0. The lowest BCUT2D eigenvalue weighted by atomic mass is 10.4. The van der Waals surface area contributed by atoms with E-state index in [1.54, 1.807) is 6.92 Å². The third kappa shape index (κ3) is 3.06. The van der Waals surface area contributed by atoms with Gasteiger partial charge in [0, 0.05) is 26.2 Å². The second-order valence-electron chi connectivity index (χ2n) is 2.60. The second kappa shape index (κ2) is 4.18. The Hall–Kier alpha value is -0.170. The Morgan fingerprint density at radius 2 is 2.00 bits per heavy atom. The maximum atomic E-state index is 11.0. The zero-order valence-corrected chi connectivity index (χ0v) is 7.93. The summed E-state index contributed by atoms with van der Waals surface area (Å²) in [5.41, 5.74) is 0. The largest absolute Gasteiger partial charge is 0.314 e. The van der Waals surface area contributed by atoms with Crippen LogP contribution in [-0.4, -0.2) is 45.4 Å². The molecule has 1 aliphatic rings. The van der Waals surface area contributed by atoms with Crippen LogP contribution in [0, 0.1) is 0 Å². The lowest BCUT2D eigenvalue weighted by Gasteiger charge is -2.24. The minimum absolute atomic E-state index is 0.0247. The molecule has 6 heteroatoms. The highest BCUT2D eigenvalue weighted by atomic mass is 32.2. The van der Waals surface area contributed by atoms with Crippen LogP contribution in [0.1, 0.15) is 6.92 Å². The topological polar surface area (TPSA) is 58.6 Å². The molecule has 0 atom stereocenters. The highest BCUT2D eigenvalue weighted by Crippen LogP contribution is 2.00. The van der Waals surface area contributed by atoms with Crippen molar-refractivity contribution in [1.29, 1.82) is 0 Å². The zero-order chi connectivity index (χ0) is 9.03. The Morgan fingerprint density at radius 3 is 2.50 bits per heavy atom. The van der Waals surface area contributed by atoms with Gasteiger partial charge in [-0.25, -0.2) is 0 Å². The molecule has 1 N–H and O–H groups in total. The molecule has 0 aromatic carbocycles. The van der Waals surface area contributed by atoms with E-state index in [-0.39, 0.29) is 5.75 Å². The molecule has 12 heavy (non-hydrogen) atoms. The Bertz CT molecular complexity index is 221. The molecule has 1 heterocycles. The first-order valence-electron chi connectivity index (χ1n) is 4.02. The predicted molar refractivity (Wildman–Crippen MR) is 45.0 cm³/mol. The lowest BCUT2D eigenvalue weighted by Crippen LogP contribution is -2.44. The number of nitrogens with one attached hydrogen (secondary N) is 1. The maximum Gasteiger partial charge on any atom is 0.283 e. The van der Waals surface area contributed by atoms with Crippen molar-refractivity contribution < 1.29 is 12.7 Å².